The van der Waals surface area contributed by atoms with E-state index in [2.05, 4.69) is 4.74 Å². The zero-order valence-electron chi connectivity index (χ0n) is 8.93. The van der Waals surface area contributed by atoms with Crippen molar-refractivity contribution < 1.29 is 14.5 Å². The fourth-order valence-electron chi connectivity index (χ4n) is 1.26. The Hall–Kier alpha value is -1.56. The van der Waals surface area contributed by atoms with Crippen molar-refractivity contribution >= 4 is 23.4 Å². The zero-order chi connectivity index (χ0) is 12.1. The Labute approximate surface area is 96.9 Å². The summed E-state index contributed by atoms with van der Waals surface area (Å²) in [5.41, 5.74) is 0.890. The lowest BCUT2D eigenvalue weighted by Crippen LogP contribution is -2.06. The van der Waals surface area contributed by atoms with Crippen LogP contribution in [0.15, 0.2) is 18.2 Å². The Morgan fingerprint density at radius 1 is 1.56 bits per heavy atom. The first-order valence-corrected chi connectivity index (χ1v) is 5.84. The monoisotopic (exact) mass is 241 g/mol. The van der Waals surface area contributed by atoms with Crippen LogP contribution in [0.5, 0.6) is 0 Å². The van der Waals surface area contributed by atoms with Crippen LogP contribution in [0.2, 0.25) is 0 Å². The summed E-state index contributed by atoms with van der Waals surface area (Å²) in [6.07, 6.45) is 1.89. The maximum atomic E-state index is 11.4. The molecule has 6 heteroatoms. The summed E-state index contributed by atoms with van der Waals surface area (Å²) in [6.45, 7) is 0. The lowest BCUT2D eigenvalue weighted by molar-refractivity contribution is -0.384. The molecule has 0 aliphatic rings. The molecule has 0 bridgehead atoms. The topological polar surface area (TPSA) is 69.4 Å². The summed E-state index contributed by atoms with van der Waals surface area (Å²) in [4.78, 5) is 21.5. The number of benzene rings is 1. The summed E-state index contributed by atoms with van der Waals surface area (Å²) in [7, 11) is 1.25. The molecule has 1 aromatic rings. The normalized spacial score (nSPS) is 9.88. The largest absolute Gasteiger partial charge is 0.465 e. The van der Waals surface area contributed by atoms with E-state index in [9.17, 15) is 14.9 Å². The maximum Gasteiger partial charge on any atom is 0.338 e. The molecule has 0 spiro atoms. The number of thioether (sulfide) groups is 1. The highest BCUT2D eigenvalue weighted by molar-refractivity contribution is 7.97. The molecule has 0 saturated heterocycles. The number of carbonyl (C=O) groups is 1. The lowest BCUT2D eigenvalue weighted by atomic mass is 10.1. The molecule has 0 radical (unpaired) electrons. The fourth-order valence-corrected chi connectivity index (χ4v) is 1.82. The van der Waals surface area contributed by atoms with Crippen LogP contribution in [0.25, 0.3) is 0 Å². The molecule has 1 aromatic carbocycles. The Morgan fingerprint density at radius 3 is 2.75 bits per heavy atom. The van der Waals surface area contributed by atoms with Gasteiger partial charge in [-0.05, 0) is 11.8 Å². The van der Waals surface area contributed by atoms with E-state index < -0.39 is 10.9 Å². The first kappa shape index (κ1) is 12.5. The fraction of sp³-hybridized carbons (Fsp3) is 0.300. The minimum Gasteiger partial charge on any atom is -0.465 e. The van der Waals surface area contributed by atoms with Gasteiger partial charge >= 0.3 is 5.97 Å². The van der Waals surface area contributed by atoms with Crippen molar-refractivity contribution in [2.45, 2.75) is 5.75 Å². The predicted octanol–water partition coefficient (Wildman–Crippen LogP) is 2.24. The quantitative estimate of drug-likeness (QED) is 0.459. The number of nitro benzene ring substituents is 1. The van der Waals surface area contributed by atoms with Gasteiger partial charge in [0.05, 0.1) is 17.6 Å². The van der Waals surface area contributed by atoms with Crippen molar-refractivity contribution in [2.75, 3.05) is 13.4 Å². The molecule has 0 saturated carbocycles. The van der Waals surface area contributed by atoms with E-state index in [4.69, 9.17) is 0 Å². The third-order valence-electron chi connectivity index (χ3n) is 2.01. The van der Waals surface area contributed by atoms with Crippen LogP contribution in [-0.4, -0.2) is 24.3 Å². The van der Waals surface area contributed by atoms with Gasteiger partial charge in [0.2, 0.25) is 0 Å². The van der Waals surface area contributed by atoms with E-state index in [1.807, 2.05) is 6.26 Å². The molecule has 0 aliphatic carbocycles. The van der Waals surface area contributed by atoms with Crippen LogP contribution in [0.3, 0.4) is 0 Å². The average Bonchev–Trinajstić information content (AvgIpc) is 2.28. The first-order valence-electron chi connectivity index (χ1n) is 4.44. The number of methoxy groups -OCH3 is 1. The summed E-state index contributed by atoms with van der Waals surface area (Å²) < 4.78 is 4.59. The van der Waals surface area contributed by atoms with E-state index in [0.29, 0.717) is 5.75 Å². The van der Waals surface area contributed by atoms with Gasteiger partial charge in [-0.15, -0.1) is 0 Å². The van der Waals surface area contributed by atoms with Crippen LogP contribution < -0.4 is 0 Å². The summed E-state index contributed by atoms with van der Waals surface area (Å²) in [5, 5.41) is 10.6. The van der Waals surface area contributed by atoms with Gasteiger partial charge in [-0.25, -0.2) is 4.79 Å². The summed E-state index contributed by atoms with van der Waals surface area (Å²) in [5.74, 6) is 0.0651. The highest BCUT2D eigenvalue weighted by Gasteiger charge is 2.16. The second kappa shape index (κ2) is 5.50. The van der Waals surface area contributed by atoms with Gasteiger partial charge < -0.3 is 4.74 Å². The second-order valence-corrected chi connectivity index (χ2v) is 3.89. The molecule has 5 nitrogen and oxygen atoms in total. The first-order chi connectivity index (χ1) is 7.60. The van der Waals surface area contributed by atoms with Crippen molar-refractivity contribution in [3.05, 3.63) is 39.4 Å². The van der Waals surface area contributed by atoms with Gasteiger partial charge in [0.15, 0.2) is 0 Å². The number of esters is 1. The Kier molecular flexibility index (Phi) is 4.30. The smallest absolute Gasteiger partial charge is 0.338 e. The number of carbonyl (C=O) groups excluding carboxylic acids is 1. The Bertz CT molecular complexity index is 419. The molecule has 16 heavy (non-hydrogen) atoms. The second-order valence-electron chi connectivity index (χ2n) is 3.02. The molecular weight excluding hydrogens is 230 g/mol. The van der Waals surface area contributed by atoms with Crippen molar-refractivity contribution in [3.8, 4) is 0 Å². The molecule has 0 aromatic heterocycles. The Balaban J connectivity index is 3.20. The number of hydrogen-bond acceptors (Lipinski definition) is 5. The SMILES string of the molecule is COC(=O)c1cc([N+](=O)[O-])ccc1CSC. The molecule has 0 amide bonds. The molecule has 86 valence electrons. The van der Waals surface area contributed by atoms with Gasteiger partial charge in [-0.2, -0.15) is 11.8 Å². The van der Waals surface area contributed by atoms with Crippen molar-refractivity contribution in [2.24, 2.45) is 0 Å². The molecule has 0 heterocycles. The van der Waals surface area contributed by atoms with Crippen LogP contribution in [0.1, 0.15) is 15.9 Å². The molecular formula is C10H11NO4S. The average molecular weight is 241 g/mol. The Morgan fingerprint density at radius 2 is 2.25 bits per heavy atom. The summed E-state index contributed by atoms with van der Waals surface area (Å²) >= 11 is 1.53. The molecule has 0 unspecified atom stereocenters. The van der Waals surface area contributed by atoms with Crippen molar-refractivity contribution in [1.82, 2.24) is 0 Å². The van der Waals surface area contributed by atoms with Gasteiger partial charge in [-0.3, -0.25) is 10.1 Å². The van der Waals surface area contributed by atoms with Gasteiger partial charge in [0.1, 0.15) is 0 Å². The third-order valence-corrected chi connectivity index (χ3v) is 2.61. The molecule has 0 aliphatic heterocycles. The van der Waals surface area contributed by atoms with Crippen LogP contribution >= 0.6 is 11.8 Å². The third kappa shape index (κ3) is 2.73. The number of nitrogens with zero attached hydrogens (tertiary/aromatic N) is 1. The minimum absolute atomic E-state index is 0.106. The van der Waals surface area contributed by atoms with E-state index in [0.717, 1.165) is 5.56 Å². The number of hydrogen-bond donors (Lipinski definition) is 0. The molecule has 0 atom stereocenters. The number of ether oxygens (including phenoxy) is 1. The van der Waals surface area contributed by atoms with Gasteiger partial charge in [-0.1, -0.05) is 6.07 Å². The minimum atomic E-state index is -0.548. The maximum absolute atomic E-state index is 11.4. The van der Waals surface area contributed by atoms with Gasteiger partial charge in [0, 0.05) is 17.9 Å². The summed E-state index contributed by atoms with van der Waals surface area (Å²) in [6, 6.07) is 4.22. The number of rotatable bonds is 4. The highest BCUT2D eigenvalue weighted by atomic mass is 32.2. The predicted molar refractivity (Wildman–Crippen MR) is 61.7 cm³/mol. The van der Waals surface area contributed by atoms with E-state index in [1.54, 1.807) is 6.07 Å². The van der Waals surface area contributed by atoms with Crippen molar-refractivity contribution in [3.63, 3.8) is 0 Å². The van der Waals surface area contributed by atoms with Crippen LogP contribution in [0.4, 0.5) is 5.69 Å². The van der Waals surface area contributed by atoms with Crippen LogP contribution in [0, 0.1) is 10.1 Å². The van der Waals surface area contributed by atoms with E-state index >= 15 is 0 Å². The van der Waals surface area contributed by atoms with Crippen molar-refractivity contribution in [1.29, 1.82) is 0 Å². The lowest BCUT2D eigenvalue weighted by Gasteiger charge is -2.06. The molecule has 1 rings (SSSR count). The molecule has 0 N–H and O–H groups in total. The zero-order valence-corrected chi connectivity index (χ0v) is 9.74. The standard InChI is InChI=1S/C10H11NO4S/c1-15-10(12)9-5-8(11(13)14)4-3-7(9)6-16-2/h3-5H,6H2,1-2H3. The highest BCUT2D eigenvalue weighted by Crippen LogP contribution is 2.21. The molecule has 0 fully saturated rings. The van der Waals surface area contributed by atoms with Crippen LogP contribution in [-0.2, 0) is 10.5 Å². The van der Waals surface area contributed by atoms with Gasteiger partial charge in [0.25, 0.3) is 5.69 Å². The van der Waals surface area contributed by atoms with E-state index in [-0.39, 0.29) is 11.3 Å². The van der Waals surface area contributed by atoms with E-state index in [1.165, 1.54) is 31.0 Å². The number of non-ortho nitro benzene ring substituents is 1. The number of nitro groups is 1.